The van der Waals surface area contributed by atoms with E-state index < -0.39 is 6.10 Å². The van der Waals surface area contributed by atoms with Gasteiger partial charge in [-0.2, -0.15) is 5.10 Å². The Morgan fingerprint density at radius 3 is 2.50 bits per heavy atom. The summed E-state index contributed by atoms with van der Waals surface area (Å²) in [5.41, 5.74) is 1.95. The Kier molecular flexibility index (Phi) is 7.97. The molecule has 0 fully saturated rings. The molecule has 0 bridgehead atoms. The van der Waals surface area contributed by atoms with Crippen LogP contribution >= 0.6 is 11.6 Å². The first-order valence-electron chi connectivity index (χ1n) is 10.1. The van der Waals surface area contributed by atoms with E-state index in [1.165, 1.54) is 20.4 Å². The van der Waals surface area contributed by atoms with Gasteiger partial charge in [-0.25, -0.2) is 4.68 Å². The van der Waals surface area contributed by atoms with Crippen LogP contribution in [0.2, 0.25) is 5.02 Å². The van der Waals surface area contributed by atoms with Crippen molar-refractivity contribution >= 4 is 17.5 Å². The summed E-state index contributed by atoms with van der Waals surface area (Å²) in [5.74, 6) is 1.03. The molecule has 1 aromatic heterocycles. The SMILES string of the molecule is CCc1c(C(=O)NCC(O)COc2c(OC)cccc2OC)cnn1-c1cccc(Cl)c1. The third kappa shape index (κ3) is 5.33. The highest BCUT2D eigenvalue weighted by molar-refractivity contribution is 6.30. The van der Waals surface area contributed by atoms with Crippen LogP contribution < -0.4 is 19.5 Å². The summed E-state index contributed by atoms with van der Waals surface area (Å²) in [6.45, 7) is 1.89. The first kappa shape index (κ1) is 23.4. The number of carbonyl (C=O) groups excluding carboxylic acids is 1. The Morgan fingerprint density at radius 2 is 1.88 bits per heavy atom. The summed E-state index contributed by atoms with van der Waals surface area (Å²) in [5, 5.41) is 18.0. The lowest BCUT2D eigenvalue weighted by Gasteiger charge is -2.17. The molecule has 0 aliphatic heterocycles. The summed E-state index contributed by atoms with van der Waals surface area (Å²) < 4.78 is 17.9. The lowest BCUT2D eigenvalue weighted by molar-refractivity contribution is 0.0833. The van der Waals surface area contributed by atoms with Gasteiger partial charge < -0.3 is 24.6 Å². The fourth-order valence-electron chi connectivity index (χ4n) is 3.24. The van der Waals surface area contributed by atoms with Crippen molar-refractivity contribution < 1.29 is 24.1 Å². The number of methoxy groups -OCH3 is 2. The van der Waals surface area contributed by atoms with E-state index in [1.807, 2.05) is 19.1 Å². The van der Waals surface area contributed by atoms with Gasteiger partial charge in [0.15, 0.2) is 11.5 Å². The zero-order valence-electron chi connectivity index (χ0n) is 18.2. The molecule has 2 N–H and O–H groups in total. The Labute approximate surface area is 191 Å². The number of amides is 1. The number of nitrogens with zero attached hydrogens (tertiary/aromatic N) is 2. The van der Waals surface area contributed by atoms with Crippen molar-refractivity contribution in [2.45, 2.75) is 19.4 Å². The maximum Gasteiger partial charge on any atom is 0.254 e. The van der Waals surface area contributed by atoms with Gasteiger partial charge in [0.25, 0.3) is 5.91 Å². The lowest BCUT2D eigenvalue weighted by Crippen LogP contribution is -2.35. The minimum Gasteiger partial charge on any atom is -0.493 e. The molecule has 0 saturated carbocycles. The van der Waals surface area contributed by atoms with Gasteiger partial charge in [0.1, 0.15) is 12.7 Å². The van der Waals surface area contributed by atoms with Crippen LogP contribution in [-0.4, -0.2) is 54.3 Å². The van der Waals surface area contributed by atoms with Gasteiger partial charge in [0, 0.05) is 11.6 Å². The lowest BCUT2D eigenvalue weighted by atomic mass is 10.2. The third-order valence-electron chi connectivity index (χ3n) is 4.80. The number of carbonyl (C=O) groups is 1. The maximum absolute atomic E-state index is 12.7. The number of ether oxygens (including phenoxy) is 3. The summed E-state index contributed by atoms with van der Waals surface area (Å²) in [6.07, 6.45) is 1.16. The van der Waals surface area contributed by atoms with E-state index in [2.05, 4.69) is 10.4 Å². The topological polar surface area (TPSA) is 94.8 Å². The van der Waals surface area contributed by atoms with Gasteiger partial charge in [-0.15, -0.1) is 0 Å². The second kappa shape index (κ2) is 10.9. The van der Waals surface area contributed by atoms with Crippen LogP contribution in [0.1, 0.15) is 23.0 Å². The summed E-state index contributed by atoms with van der Waals surface area (Å²) in [7, 11) is 3.04. The summed E-state index contributed by atoms with van der Waals surface area (Å²) >= 11 is 6.08. The molecule has 170 valence electrons. The highest BCUT2D eigenvalue weighted by atomic mass is 35.5. The molecule has 1 amide bonds. The number of aliphatic hydroxyl groups excluding tert-OH is 1. The molecule has 1 unspecified atom stereocenters. The summed E-state index contributed by atoms with van der Waals surface area (Å²) in [6, 6.07) is 12.5. The van der Waals surface area contributed by atoms with Crippen molar-refractivity contribution in [3.8, 4) is 22.9 Å². The van der Waals surface area contributed by atoms with E-state index in [0.717, 1.165) is 11.4 Å². The minimum atomic E-state index is -0.943. The molecule has 1 atom stereocenters. The fourth-order valence-corrected chi connectivity index (χ4v) is 3.42. The van der Waals surface area contributed by atoms with Crippen molar-refractivity contribution in [3.63, 3.8) is 0 Å². The highest BCUT2D eigenvalue weighted by Gasteiger charge is 2.19. The van der Waals surface area contributed by atoms with Crippen molar-refractivity contribution in [1.29, 1.82) is 0 Å². The van der Waals surface area contributed by atoms with Crippen LogP contribution in [0.5, 0.6) is 17.2 Å². The molecule has 0 aliphatic rings. The molecular weight excluding hydrogens is 434 g/mol. The largest absolute Gasteiger partial charge is 0.493 e. The van der Waals surface area contributed by atoms with Gasteiger partial charge in [0.2, 0.25) is 5.75 Å². The van der Waals surface area contributed by atoms with Crippen LogP contribution in [0.4, 0.5) is 0 Å². The molecular formula is C23H26ClN3O5. The monoisotopic (exact) mass is 459 g/mol. The number of rotatable bonds is 10. The number of benzene rings is 2. The minimum absolute atomic E-state index is 0.00178. The fraction of sp³-hybridized carbons (Fsp3) is 0.304. The zero-order valence-corrected chi connectivity index (χ0v) is 18.9. The van der Waals surface area contributed by atoms with E-state index in [4.69, 9.17) is 25.8 Å². The number of nitrogens with one attached hydrogen (secondary N) is 1. The number of hydrogen-bond donors (Lipinski definition) is 2. The molecule has 9 heteroatoms. The van der Waals surface area contributed by atoms with Crippen molar-refractivity contribution in [2.24, 2.45) is 0 Å². The normalized spacial score (nSPS) is 11.7. The predicted molar refractivity (Wildman–Crippen MR) is 121 cm³/mol. The zero-order chi connectivity index (χ0) is 23.1. The molecule has 3 aromatic rings. The van der Waals surface area contributed by atoms with E-state index >= 15 is 0 Å². The predicted octanol–water partition coefficient (Wildman–Crippen LogP) is 3.28. The average Bonchev–Trinajstić information content (AvgIpc) is 3.25. The van der Waals surface area contributed by atoms with Crippen LogP contribution in [0.3, 0.4) is 0 Å². The van der Waals surface area contributed by atoms with E-state index in [1.54, 1.807) is 35.0 Å². The number of para-hydroxylation sites is 1. The molecule has 0 saturated heterocycles. The van der Waals surface area contributed by atoms with E-state index in [0.29, 0.717) is 34.3 Å². The van der Waals surface area contributed by atoms with Crippen LogP contribution in [0.25, 0.3) is 5.69 Å². The van der Waals surface area contributed by atoms with Crippen molar-refractivity contribution in [3.05, 3.63) is 64.9 Å². The standard InChI is InChI=1S/C23H26ClN3O5/c1-4-19-18(13-26-27(19)16-8-5-7-15(24)11-16)23(29)25-12-17(28)14-32-22-20(30-2)9-6-10-21(22)31-3/h5-11,13,17,28H,4,12,14H2,1-3H3,(H,25,29). The van der Waals surface area contributed by atoms with Gasteiger partial charge in [-0.1, -0.05) is 30.7 Å². The third-order valence-corrected chi connectivity index (χ3v) is 5.04. The van der Waals surface area contributed by atoms with Gasteiger partial charge in [0.05, 0.1) is 37.4 Å². The molecule has 8 nitrogen and oxygen atoms in total. The van der Waals surface area contributed by atoms with Gasteiger partial charge in [-0.05, 0) is 36.8 Å². The molecule has 0 radical (unpaired) electrons. The van der Waals surface area contributed by atoms with E-state index in [-0.39, 0.29) is 19.1 Å². The number of aromatic nitrogens is 2. The molecule has 3 rings (SSSR count). The smallest absolute Gasteiger partial charge is 0.254 e. The number of aliphatic hydroxyl groups is 1. The molecule has 0 aliphatic carbocycles. The molecule has 1 heterocycles. The van der Waals surface area contributed by atoms with Crippen molar-refractivity contribution in [1.82, 2.24) is 15.1 Å². The summed E-state index contributed by atoms with van der Waals surface area (Å²) in [4.78, 5) is 12.7. The van der Waals surface area contributed by atoms with Crippen LogP contribution in [0.15, 0.2) is 48.7 Å². The second-order valence-corrected chi connectivity index (χ2v) is 7.35. The Bertz CT molecular complexity index is 1050. The Balaban J connectivity index is 1.63. The number of halogens is 1. The molecule has 0 spiro atoms. The molecule has 32 heavy (non-hydrogen) atoms. The highest BCUT2D eigenvalue weighted by Crippen LogP contribution is 2.36. The quantitative estimate of drug-likeness (QED) is 0.483. The van der Waals surface area contributed by atoms with Gasteiger partial charge in [-0.3, -0.25) is 4.79 Å². The van der Waals surface area contributed by atoms with Crippen LogP contribution in [-0.2, 0) is 6.42 Å². The van der Waals surface area contributed by atoms with Crippen LogP contribution in [0, 0.1) is 0 Å². The average molecular weight is 460 g/mol. The molecule has 2 aromatic carbocycles. The first-order valence-corrected chi connectivity index (χ1v) is 10.5. The Hall–Kier alpha value is -3.23. The Morgan fingerprint density at radius 1 is 1.19 bits per heavy atom. The first-order chi connectivity index (χ1) is 15.5. The van der Waals surface area contributed by atoms with Gasteiger partial charge >= 0.3 is 0 Å². The van der Waals surface area contributed by atoms with E-state index in [9.17, 15) is 9.90 Å². The number of hydrogen-bond acceptors (Lipinski definition) is 6. The second-order valence-electron chi connectivity index (χ2n) is 6.92. The maximum atomic E-state index is 12.7. The van der Waals surface area contributed by atoms with Crippen molar-refractivity contribution in [2.75, 3.05) is 27.4 Å².